The molecule has 4 aromatic rings. The van der Waals surface area contributed by atoms with Crippen molar-refractivity contribution < 1.29 is 0 Å². The van der Waals surface area contributed by atoms with Gasteiger partial charge in [0.1, 0.15) is 4.60 Å². The number of hydrogen-bond acceptors (Lipinski definition) is 2. The fraction of sp³-hybridized carbons (Fsp3) is 0. The smallest absolute Gasteiger partial charge is 0.107 e. The lowest BCUT2D eigenvalue weighted by Gasteiger charge is -2.09. The predicted octanol–water partition coefficient (Wildman–Crippen LogP) is 5.21. The minimum atomic E-state index is 0.826. The highest BCUT2D eigenvalue weighted by molar-refractivity contribution is 9.10. The third-order valence-electron chi connectivity index (χ3n) is 3.60. The Kier molecular flexibility index (Phi) is 2.93. The molecule has 0 amide bonds. The van der Waals surface area contributed by atoms with Gasteiger partial charge < -0.3 is 0 Å². The van der Waals surface area contributed by atoms with Gasteiger partial charge in [0.05, 0.1) is 11.0 Å². The molecule has 0 radical (unpaired) electrons. The Morgan fingerprint density at radius 2 is 1.67 bits per heavy atom. The highest BCUT2D eigenvalue weighted by Gasteiger charge is 2.10. The Morgan fingerprint density at radius 1 is 0.810 bits per heavy atom. The zero-order chi connectivity index (χ0) is 14.2. The first-order valence-corrected chi connectivity index (χ1v) is 7.52. The molecule has 0 aliphatic heterocycles. The average Bonchev–Trinajstić information content (AvgIpc) is 2.55. The van der Waals surface area contributed by atoms with Crippen molar-refractivity contribution in [3.8, 4) is 11.1 Å². The Balaban J connectivity index is 2.15. The number of halogens is 1. The molecule has 0 saturated heterocycles. The Morgan fingerprint density at radius 3 is 2.52 bits per heavy atom. The van der Waals surface area contributed by atoms with Gasteiger partial charge in [-0.15, -0.1) is 0 Å². The summed E-state index contributed by atoms with van der Waals surface area (Å²) in [4.78, 5) is 9.15. The molecule has 21 heavy (non-hydrogen) atoms. The van der Waals surface area contributed by atoms with Crippen LogP contribution in [-0.2, 0) is 0 Å². The standard InChI is InChI=1S/C18H11BrN2/c19-16-11-15(12-5-2-1-3-6-12)14-9-8-13-7-4-10-20-17(13)18(14)21-16/h1-11H. The van der Waals surface area contributed by atoms with E-state index >= 15 is 0 Å². The average molecular weight is 335 g/mol. The van der Waals surface area contributed by atoms with Gasteiger partial charge in [-0.2, -0.15) is 0 Å². The van der Waals surface area contributed by atoms with Crippen molar-refractivity contribution >= 4 is 37.7 Å². The summed E-state index contributed by atoms with van der Waals surface area (Å²) in [6.45, 7) is 0. The molecule has 2 aromatic heterocycles. The quantitative estimate of drug-likeness (QED) is 0.352. The van der Waals surface area contributed by atoms with E-state index < -0.39 is 0 Å². The van der Waals surface area contributed by atoms with Crippen molar-refractivity contribution in [3.05, 3.63) is 71.5 Å². The molecule has 0 atom stereocenters. The van der Waals surface area contributed by atoms with Crippen LogP contribution < -0.4 is 0 Å². The summed E-state index contributed by atoms with van der Waals surface area (Å²) < 4.78 is 0.826. The molecule has 0 fully saturated rings. The van der Waals surface area contributed by atoms with Gasteiger partial charge in [-0.1, -0.05) is 48.5 Å². The van der Waals surface area contributed by atoms with Crippen molar-refractivity contribution in [2.45, 2.75) is 0 Å². The first kappa shape index (κ1) is 12.5. The zero-order valence-corrected chi connectivity index (χ0v) is 12.7. The number of pyridine rings is 2. The number of hydrogen-bond donors (Lipinski definition) is 0. The van der Waals surface area contributed by atoms with E-state index in [0.29, 0.717) is 0 Å². The fourth-order valence-corrected chi connectivity index (χ4v) is 3.06. The van der Waals surface area contributed by atoms with E-state index in [2.05, 4.69) is 74.4 Å². The molecular weight excluding hydrogens is 324 g/mol. The molecule has 0 spiro atoms. The van der Waals surface area contributed by atoms with Gasteiger partial charge >= 0.3 is 0 Å². The molecule has 0 aliphatic carbocycles. The van der Waals surface area contributed by atoms with Gasteiger partial charge in [-0.05, 0) is 39.2 Å². The van der Waals surface area contributed by atoms with E-state index in [9.17, 15) is 0 Å². The summed E-state index contributed by atoms with van der Waals surface area (Å²) in [5.41, 5.74) is 4.22. The molecule has 100 valence electrons. The lowest BCUT2D eigenvalue weighted by Crippen LogP contribution is -1.89. The Hall–Kier alpha value is -2.26. The fourth-order valence-electron chi connectivity index (χ4n) is 2.65. The van der Waals surface area contributed by atoms with Gasteiger partial charge in [-0.25, -0.2) is 4.98 Å². The van der Waals surface area contributed by atoms with Crippen molar-refractivity contribution in [2.24, 2.45) is 0 Å². The maximum Gasteiger partial charge on any atom is 0.107 e. The summed E-state index contributed by atoms with van der Waals surface area (Å²) in [7, 11) is 0. The second-order valence-corrected chi connectivity index (χ2v) is 5.71. The third kappa shape index (κ3) is 2.10. The van der Waals surface area contributed by atoms with Crippen LogP contribution in [0.3, 0.4) is 0 Å². The summed E-state index contributed by atoms with van der Waals surface area (Å²) in [5, 5.41) is 2.23. The molecule has 3 heteroatoms. The van der Waals surface area contributed by atoms with Gasteiger partial charge in [-0.3, -0.25) is 4.98 Å². The van der Waals surface area contributed by atoms with Crippen molar-refractivity contribution in [1.82, 2.24) is 9.97 Å². The lowest BCUT2D eigenvalue weighted by molar-refractivity contribution is 1.34. The first-order chi connectivity index (χ1) is 10.3. The van der Waals surface area contributed by atoms with Crippen LogP contribution in [0.15, 0.2) is 71.5 Å². The topological polar surface area (TPSA) is 25.8 Å². The SMILES string of the molecule is Brc1cc(-c2ccccc2)c2ccc3cccnc3c2n1. The molecule has 0 bridgehead atoms. The van der Waals surface area contributed by atoms with Crippen LogP contribution in [-0.4, -0.2) is 9.97 Å². The van der Waals surface area contributed by atoms with Gasteiger partial charge in [0, 0.05) is 17.0 Å². The van der Waals surface area contributed by atoms with E-state index in [0.717, 1.165) is 26.4 Å². The lowest BCUT2D eigenvalue weighted by atomic mass is 10.00. The van der Waals surface area contributed by atoms with Crippen LogP contribution in [0.5, 0.6) is 0 Å². The van der Waals surface area contributed by atoms with Gasteiger partial charge in [0.15, 0.2) is 0 Å². The van der Waals surface area contributed by atoms with E-state index in [1.54, 1.807) is 0 Å². The number of benzene rings is 2. The highest BCUT2D eigenvalue weighted by atomic mass is 79.9. The van der Waals surface area contributed by atoms with Crippen LogP contribution >= 0.6 is 15.9 Å². The maximum absolute atomic E-state index is 4.64. The van der Waals surface area contributed by atoms with E-state index in [1.807, 2.05) is 18.3 Å². The Bertz CT molecular complexity index is 949. The van der Waals surface area contributed by atoms with Gasteiger partial charge in [0.2, 0.25) is 0 Å². The Labute approximate surface area is 130 Å². The second kappa shape index (κ2) is 4.93. The molecule has 0 unspecified atom stereocenters. The van der Waals surface area contributed by atoms with Crippen molar-refractivity contribution in [1.29, 1.82) is 0 Å². The van der Waals surface area contributed by atoms with E-state index in [-0.39, 0.29) is 0 Å². The summed E-state index contributed by atoms with van der Waals surface area (Å²) in [5.74, 6) is 0. The molecular formula is C18H11BrN2. The number of fused-ring (bicyclic) bond motifs is 3. The van der Waals surface area contributed by atoms with Crippen LogP contribution in [0, 0.1) is 0 Å². The van der Waals surface area contributed by atoms with Crippen LogP contribution in [0.2, 0.25) is 0 Å². The number of rotatable bonds is 1. The molecule has 2 aromatic carbocycles. The molecule has 2 nitrogen and oxygen atoms in total. The van der Waals surface area contributed by atoms with Gasteiger partial charge in [0.25, 0.3) is 0 Å². The van der Waals surface area contributed by atoms with Crippen LogP contribution in [0.4, 0.5) is 0 Å². The second-order valence-electron chi connectivity index (χ2n) is 4.90. The summed E-state index contributed by atoms with van der Waals surface area (Å²) in [6.07, 6.45) is 1.81. The largest absolute Gasteiger partial charge is 0.254 e. The van der Waals surface area contributed by atoms with Crippen LogP contribution in [0.1, 0.15) is 0 Å². The minimum absolute atomic E-state index is 0.826. The maximum atomic E-state index is 4.64. The number of nitrogens with zero attached hydrogens (tertiary/aromatic N) is 2. The first-order valence-electron chi connectivity index (χ1n) is 6.72. The highest BCUT2D eigenvalue weighted by Crippen LogP contribution is 2.33. The van der Waals surface area contributed by atoms with Crippen molar-refractivity contribution in [3.63, 3.8) is 0 Å². The molecule has 0 saturated carbocycles. The van der Waals surface area contributed by atoms with Crippen molar-refractivity contribution in [2.75, 3.05) is 0 Å². The number of aromatic nitrogens is 2. The molecule has 4 rings (SSSR count). The van der Waals surface area contributed by atoms with E-state index in [4.69, 9.17) is 0 Å². The monoisotopic (exact) mass is 334 g/mol. The minimum Gasteiger partial charge on any atom is -0.254 e. The summed E-state index contributed by atoms with van der Waals surface area (Å²) >= 11 is 3.53. The molecule has 0 aliphatic rings. The van der Waals surface area contributed by atoms with E-state index in [1.165, 1.54) is 11.1 Å². The zero-order valence-electron chi connectivity index (χ0n) is 11.1. The molecule has 2 heterocycles. The third-order valence-corrected chi connectivity index (χ3v) is 4.01. The molecule has 0 N–H and O–H groups in total. The van der Waals surface area contributed by atoms with Crippen LogP contribution in [0.25, 0.3) is 32.9 Å². The normalized spacial score (nSPS) is 11.1. The summed E-state index contributed by atoms with van der Waals surface area (Å²) in [6, 6.07) is 20.7. The predicted molar refractivity (Wildman–Crippen MR) is 90.2 cm³/mol.